The van der Waals surface area contributed by atoms with Crippen LogP contribution in [0.25, 0.3) is 5.65 Å². The lowest BCUT2D eigenvalue weighted by Gasteiger charge is -2.01. The molecule has 0 unspecified atom stereocenters. The van der Waals surface area contributed by atoms with Gasteiger partial charge in [-0.3, -0.25) is 0 Å². The minimum absolute atomic E-state index is 0.703. The molecule has 0 aromatic carbocycles. The van der Waals surface area contributed by atoms with Gasteiger partial charge in [0.2, 0.25) is 0 Å². The van der Waals surface area contributed by atoms with Crippen LogP contribution in [-0.2, 0) is 6.42 Å². The summed E-state index contributed by atoms with van der Waals surface area (Å²) in [6.45, 7) is 2.10. The van der Waals surface area contributed by atoms with Crippen LogP contribution in [0, 0.1) is 0 Å². The number of nitrogen functional groups attached to an aromatic ring is 1. The van der Waals surface area contributed by atoms with Crippen molar-refractivity contribution in [2.24, 2.45) is 0 Å². The molecule has 0 aliphatic carbocycles. The van der Waals surface area contributed by atoms with Gasteiger partial charge in [-0.2, -0.15) is 0 Å². The van der Waals surface area contributed by atoms with Gasteiger partial charge < -0.3 is 10.1 Å². The topological polar surface area (TPSA) is 43.3 Å². The fraction of sp³-hybridized carbons (Fsp3) is 0.222. The average Bonchev–Trinajstić information content (AvgIpc) is 2.47. The van der Waals surface area contributed by atoms with E-state index in [0.717, 1.165) is 16.5 Å². The lowest BCUT2D eigenvalue weighted by atomic mass is 10.3. The molecule has 0 atom stereocenters. The zero-order valence-electron chi connectivity index (χ0n) is 7.29. The molecule has 0 spiro atoms. The van der Waals surface area contributed by atoms with Crippen molar-refractivity contribution < 1.29 is 0 Å². The minimum Gasteiger partial charge on any atom is -0.396 e. The lowest BCUT2D eigenvalue weighted by molar-refractivity contribution is 0.993. The van der Waals surface area contributed by atoms with Crippen LogP contribution in [0.1, 0.15) is 12.6 Å². The van der Waals surface area contributed by atoms with E-state index >= 15 is 0 Å². The number of rotatable bonds is 1. The van der Waals surface area contributed by atoms with E-state index in [1.165, 1.54) is 5.69 Å². The first kappa shape index (κ1) is 8.56. The number of hydrogen-bond donors (Lipinski definition) is 1. The molecule has 0 saturated carbocycles. The number of halogens is 1. The van der Waals surface area contributed by atoms with Gasteiger partial charge in [0.05, 0.1) is 5.69 Å². The molecule has 0 saturated heterocycles. The van der Waals surface area contributed by atoms with Gasteiger partial charge in [0.1, 0.15) is 0 Å². The van der Waals surface area contributed by atoms with Crippen LogP contribution in [0.2, 0.25) is 0 Å². The maximum atomic E-state index is 5.81. The maximum absolute atomic E-state index is 5.81. The van der Waals surface area contributed by atoms with E-state index in [1.807, 2.05) is 22.9 Å². The van der Waals surface area contributed by atoms with E-state index in [-0.39, 0.29) is 0 Å². The number of aromatic nitrogens is 2. The molecular formula is C9H10BrN3. The molecule has 0 radical (unpaired) electrons. The zero-order chi connectivity index (χ0) is 9.42. The van der Waals surface area contributed by atoms with E-state index in [9.17, 15) is 0 Å². The van der Waals surface area contributed by atoms with Crippen molar-refractivity contribution in [3.05, 3.63) is 28.6 Å². The molecule has 2 aromatic heterocycles. The van der Waals surface area contributed by atoms with Crippen LogP contribution in [0.15, 0.2) is 22.9 Å². The van der Waals surface area contributed by atoms with Crippen LogP contribution in [-0.4, -0.2) is 9.38 Å². The van der Waals surface area contributed by atoms with Crippen molar-refractivity contribution in [2.45, 2.75) is 13.3 Å². The Bertz CT molecular complexity index is 447. The van der Waals surface area contributed by atoms with E-state index in [1.54, 1.807) is 0 Å². The second-order valence-corrected chi connectivity index (χ2v) is 3.83. The summed E-state index contributed by atoms with van der Waals surface area (Å²) in [6, 6.07) is 1.86. The van der Waals surface area contributed by atoms with Gasteiger partial charge >= 0.3 is 0 Å². The molecule has 3 nitrogen and oxygen atoms in total. The predicted octanol–water partition coefficient (Wildman–Crippen LogP) is 2.24. The largest absolute Gasteiger partial charge is 0.396 e. The van der Waals surface area contributed by atoms with Gasteiger partial charge in [0, 0.05) is 22.6 Å². The summed E-state index contributed by atoms with van der Waals surface area (Å²) in [7, 11) is 0. The predicted molar refractivity (Wildman–Crippen MR) is 56.7 cm³/mol. The normalized spacial score (nSPS) is 10.9. The fourth-order valence-corrected chi connectivity index (χ4v) is 1.84. The minimum atomic E-state index is 0.703. The Labute approximate surface area is 84.7 Å². The summed E-state index contributed by atoms with van der Waals surface area (Å²) >= 11 is 3.40. The molecule has 2 rings (SSSR count). The summed E-state index contributed by atoms with van der Waals surface area (Å²) in [5.41, 5.74) is 8.52. The van der Waals surface area contributed by atoms with E-state index in [4.69, 9.17) is 5.73 Å². The molecule has 4 heteroatoms. The highest BCUT2D eigenvalue weighted by Gasteiger charge is 2.04. The van der Waals surface area contributed by atoms with E-state index in [0.29, 0.717) is 5.69 Å². The molecule has 0 amide bonds. The molecule has 2 aromatic rings. The van der Waals surface area contributed by atoms with Crippen LogP contribution < -0.4 is 5.73 Å². The van der Waals surface area contributed by atoms with Gasteiger partial charge in [0.15, 0.2) is 5.65 Å². The quantitative estimate of drug-likeness (QED) is 0.830. The van der Waals surface area contributed by atoms with Crippen LogP contribution in [0.3, 0.4) is 0 Å². The van der Waals surface area contributed by atoms with Gasteiger partial charge in [-0.15, -0.1) is 0 Å². The lowest BCUT2D eigenvalue weighted by Crippen LogP contribution is -1.95. The Hall–Kier alpha value is -1.03. The molecular weight excluding hydrogens is 230 g/mol. The number of pyridine rings is 1. The zero-order valence-corrected chi connectivity index (χ0v) is 8.87. The van der Waals surface area contributed by atoms with Gasteiger partial charge in [-0.1, -0.05) is 6.92 Å². The van der Waals surface area contributed by atoms with Crippen LogP contribution in [0.5, 0.6) is 0 Å². The molecule has 68 valence electrons. The molecule has 0 bridgehead atoms. The average molecular weight is 240 g/mol. The van der Waals surface area contributed by atoms with Crippen molar-refractivity contribution in [1.29, 1.82) is 0 Å². The Morgan fingerprint density at radius 3 is 3.08 bits per heavy atom. The van der Waals surface area contributed by atoms with E-state index in [2.05, 4.69) is 27.8 Å². The standard InChI is InChI=1S/C9H10BrN3/c1-2-7-4-12-9-8(11)3-6(10)5-13(7)9/h3-5H,2,11H2,1H3. The van der Waals surface area contributed by atoms with Gasteiger partial charge in [-0.25, -0.2) is 4.98 Å². The summed E-state index contributed by atoms with van der Waals surface area (Å²) < 4.78 is 2.99. The van der Waals surface area contributed by atoms with Crippen molar-refractivity contribution in [3.63, 3.8) is 0 Å². The van der Waals surface area contributed by atoms with Crippen LogP contribution in [0.4, 0.5) is 5.69 Å². The first-order valence-corrected chi connectivity index (χ1v) is 4.92. The Balaban J connectivity index is 2.82. The third-order valence-corrected chi connectivity index (χ3v) is 2.47. The molecule has 2 N–H and O–H groups in total. The highest BCUT2D eigenvalue weighted by molar-refractivity contribution is 9.10. The monoisotopic (exact) mass is 239 g/mol. The highest BCUT2D eigenvalue weighted by atomic mass is 79.9. The van der Waals surface area contributed by atoms with Crippen molar-refractivity contribution in [1.82, 2.24) is 9.38 Å². The van der Waals surface area contributed by atoms with Crippen molar-refractivity contribution in [2.75, 3.05) is 5.73 Å². The first-order valence-electron chi connectivity index (χ1n) is 4.13. The highest BCUT2D eigenvalue weighted by Crippen LogP contribution is 2.20. The third-order valence-electron chi connectivity index (χ3n) is 2.04. The molecule has 13 heavy (non-hydrogen) atoms. The van der Waals surface area contributed by atoms with Crippen molar-refractivity contribution >= 4 is 27.3 Å². The smallest absolute Gasteiger partial charge is 0.160 e. The van der Waals surface area contributed by atoms with E-state index < -0.39 is 0 Å². The Morgan fingerprint density at radius 1 is 1.62 bits per heavy atom. The summed E-state index contributed by atoms with van der Waals surface area (Å²) in [5.74, 6) is 0. The second-order valence-electron chi connectivity index (χ2n) is 2.91. The first-order chi connectivity index (χ1) is 6.22. The number of aryl methyl sites for hydroxylation is 1. The molecule has 2 heterocycles. The fourth-order valence-electron chi connectivity index (χ4n) is 1.39. The number of anilines is 1. The van der Waals surface area contributed by atoms with Crippen molar-refractivity contribution in [3.8, 4) is 0 Å². The molecule has 0 aliphatic heterocycles. The van der Waals surface area contributed by atoms with Gasteiger partial charge in [-0.05, 0) is 28.4 Å². The SMILES string of the molecule is CCc1cnc2c(N)cc(Br)cn12. The maximum Gasteiger partial charge on any atom is 0.160 e. The third kappa shape index (κ3) is 1.31. The molecule has 0 fully saturated rings. The van der Waals surface area contributed by atoms with Crippen LogP contribution >= 0.6 is 15.9 Å². The number of nitrogens with zero attached hydrogens (tertiary/aromatic N) is 2. The van der Waals surface area contributed by atoms with Gasteiger partial charge in [0.25, 0.3) is 0 Å². The number of imidazole rings is 1. The number of fused-ring (bicyclic) bond motifs is 1. The summed E-state index contributed by atoms with van der Waals surface area (Å²) in [6.07, 6.45) is 4.80. The summed E-state index contributed by atoms with van der Waals surface area (Å²) in [5, 5.41) is 0. The summed E-state index contributed by atoms with van der Waals surface area (Å²) in [4.78, 5) is 4.25. The number of hydrogen-bond acceptors (Lipinski definition) is 2. The Morgan fingerprint density at radius 2 is 2.38 bits per heavy atom. The number of nitrogens with two attached hydrogens (primary N) is 1. The Kier molecular flexibility index (Phi) is 2.00. The molecule has 0 aliphatic rings. The second kappa shape index (κ2) is 3.03.